The van der Waals surface area contributed by atoms with Gasteiger partial charge in [0.15, 0.2) is 0 Å². The third-order valence-corrected chi connectivity index (χ3v) is 4.17. The number of aliphatic hydroxyl groups excluding tert-OH is 1. The standard InChI is InChI=1S/C17H26N2O2/c1-14-6-8-15(9-7-14)11-18-17(21)12-19-10-4-2-3-5-16(19)13-20/h6-9,16,20H,2-5,10-13H2,1H3,(H,18,21). The van der Waals surface area contributed by atoms with Crippen LogP contribution in [0.5, 0.6) is 0 Å². The molecule has 1 aromatic carbocycles. The normalized spacial score (nSPS) is 20.0. The summed E-state index contributed by atoms with van der Waals surface area (Å²) in [6.45, 7) is 4.05. The van der Waals surface area contributed by atoms with E-state index < -0.39 is 0 Å². The van der Waals surface area contributed by atoms with E-state index in [-0.39, 0.29) is 18.6 Å². The number of hydrogen-bond donors (Lipinski definition) is 2. The summed E-state index contributed by atoms with van der Waals surface area (Å²) in [5.41, 5.74) is 2.34. The van der Waals surface area contributed by atoms with Crippen molar-refractivity contribution in [3.8, 4) is 0 Å². The van der Waals surface area contributed by atoms with Gasteiger partial charge in [-0.3, -0.25) is 9.69 Å². The molecule has 0 spiro atoms. The van der Waals surface area contributed by atoms with Crippen LogP contribution >= 0.6 is 0 Å². The highest BCUT2D eigenvalue weighted by molar-refractivity contribution is 5.78. The first-order valence-electron chi connectivity index (χ1n) is 7.86. The minimum absolute atomic E-state index is 0.0379. The van der Waals surface area contributed by atoms with Crippen molar-refractivity contribution >= 4 is 5.91 Å². The summed E-state index contributed by atoms with van der Waals surface area (Å²) in [6.07, 6.45) is 4.44. The largest absolute Gasteiger partial charge is 0.395 e. The molecule has 1 aliphatic heterocycles. The number of rotatable bonds is 5. The van der Waals surface area contributed by atoms with E-state index in [1.165, 1.54) is 12.0 Å². The molecule has 0 bridgehead atoms. The van der Waals surface area contributed by atoms with Crippen LogP contribution in [0.15, 0.2) is 24.3 Å². The zero-order chi connectivity index (χ0) is 15.1. The molecular formula is C17H26N2O2. The van der Waals surface area contributed by atoms with E-state index in [2.05, 4.69) is 29.3 Å². The first kappa shape index (κ1) is 16.0. The molecule has 0 saturated carbocycles. The number of likely N-dealkylation sites (tertiary alicyclic amines) is 1. The fourth-order valence-corrected chi connectivity index (χ4v) is 2.80. The van der Waals surface area contributed by atoms with Gasteiger partial charge in [0, 0.05) is 12.6 Å². The second-order valence-electron chi connectivity index (χ2n) is 5.92. The number of aliphatic hydroxyl groups is 1. The quantitative estimate of drug-likeness (QED) is 0.870. The van der Waals surface area contributed by atoms with E-state index in [0.29, 0.717) is 13.1 Å². The summed E-state index contributed by atoms with van der Waals surface area (Å²) in [7, 11) is 0. The van der Waals surface area contributed by atoms with Gasteiger partial charge in [-0.25, -0.2) is 0 Å². The maximum absolute atomic E-state index is 12.1. The van der Waals surface area contributed by atoms with E-state index in [1.807, 2.05) is 12.1 Å². The predicted octanol–water partition coefficient (Wildman–Crippen LogP) is 1.85. The Balaban J connectivity index is 1.81. The van der Waals surface area contributed by atoms with Gasteiger partial charge >= 0.3 is 0 Å². The molecule has 1 unspecified atom stereocenters. The maximum atomic E-state index is 12.1. The number of nitrogens with zero attached hydrogens (tertiary/aromatic N) is 1. The van der Waals surface area contributed by atoms with Crippen molar-refractivity contribution in [2.24, 2.45) is 0 Å². The average Bonchev–Trinajstić information content (AvgIpc) is 2.71. The van der Waals surface area contributed by atoms with Gasteiger partial charge in [0.1, 0.15) is 0 Å². The second kappa shape index (κ2) is 8.15. The Labute approximate surface area is 127 Å². The molecule has 4 heteroatoms. The number of hydrogen-bond acceptors (Lipinski definition) is 3. The van der Waals surface area contributed by atoms with Crippen molar-refractivity contribution in [1.29, 1.82) is 0 Å². The molecule has 1 fully saturated rings. The van der Waals surface area contributed by atoms with Gasteiger partial charge in [-0.1, -0.05) is 42.7 Å². The molecule has 1 heterocycles. The third kappa shape index (κ3) is 5.14. The van der Waals surface area contributed by atoms with Crippen molar-refractivity contribution in [2.75, 3.05) is 19.7 Å². The van der Waals surface area contributed by atoms with Gasteiger partial charge < -0.3 is 10.4 Å². The topological polar surface area (TPSA) is 52.6 Å². The summed E-state index contributed by atoms with van der Waals surface area (Å²) in [5.74, 6) is 0.0379. The molecule has 0 aliphatic carbocycles. The number of carbonyl (C=O) groups is 1. The Hall–Kier alpha value is -1.39. The number of amides is 1. The molecule has 1 saturated heterocycles. The minimum Gasteiger partial charge on any atom is -0.395 e. The van der Waals surface area contributed by atoms with Gasteiger partial charge in [-0.05, 0) is 31.9 Å². The minimum atomic E-state index is 0.0379. The summed E-state index contributed by atoms with van der Waals surface area (Å²) >= 11 is 0. The number of aryl methyl sites for hydroxylation is 1. The highest BCUT2D eigenvalue weighted by Gasteiger charge is 2.22. The lowest BCUT2D eigenvalue weighted by Crippen LogP contribution is -2.44. The molecule has 1 atom stereocenters. The van der Waals surface area contributed by atoms with E-state index in [0.717, 1.165) is 31.4 Å². The number of nitrogens with one attached hydrogen (secondary N) is 1. The first-order chi connectivity index (χ1) is 10.2. The lowest BCUT2D eigenvalue weighted by molar-refractivity contribution is -0.123. The fourth-order valence-electron chi connectivity index (χ4n) is 2.80. The van der Waals surface area contributed by atoms with Gasteiger partial charge in [-0.2, -0.15) is 0 Å². The van der Waals surface area contributed by atoms with Crippen LogP contribution in [0.2, 0.25) is 0 Å². The lowest BCUT2D eigenvalue weighted by Gasteiger charge is -2.27. The lowest BCUT2D eigenvalue weighted by atomic mass is 10.1. The third-order valence-electron chi connectivity index (χ3n) is 4.17. The Morgan fingerprint density at radius 3 is 2.76 bits per heavy atom. The fraction of sp³-hybridized carbons (Fsp3) is 0.588. The molecule has 21 heavy (non-hydrogen) atoms. The average molecular weight is 290 g/mol. The van der Waals surface area contributed by atoms with E-state index in [4.69, 9.17) is 0 Å². The molecular weight excluding hydrogens is 264 g/mol. The highest BCUT2D eigenvalue weighted by atomic mass is 16.3. The predicted molar refractivity (Wildman–Crippen MR) is 83.9 cm³/mol. The smallest absolute Gasteiger partial charge is 0.234 e. The van der Waals surface area contributed by atoms with Crippen molar-refractivity contribution < 1.29 is 9.90 Å². The van der Waals surface area contributed by atoms with Crippen LogP contribution in [-0.4, -0.2) is 41.7 Å². The summed E-state index contributed by atoms with van der Waals surface area (Å²) < 4.78 is 0. The van der Waals surface area contributed by atoms with Gasteiger partial charge in [-0.15, -0.1) is 0 Å². The Bertz CT molecular complexity index is 445. The Kier molecular flexibility index (Phi) is 6.21. The SMILES string of the molecule is Cc1ccc(CNC(=O)CN2CCCCCC2CO)cc1. The molecule has 0 aromatic heterocycles. The Morgan fingerprint density at radius 2 is 2.05 bits per heavy atom. The molecule has 1 aliphatic rings. The van der Waals surface area contributed by atoms with Crippen molar-refractivity contribution in [3.05, 3.63) is 35.4 Å². The molecule has 116 valence electrons. The van der Waals surface area contributed by atoms with Crippen LogP contribution in [0.1, 0.15) is 36.8 Å². The van der Waals surface area contributed by atoms with Crippen LogP contribution < -0.4 is 5.32 Å². The van der Waals surface area contributed by atoms with Gasteiger partial charge in [0.25, 0.3) is 0 Å². The molecule has 2 N–H and O–H groups in total. The molecule has 1 amide bonds. The van der Waals surface area contributed by atoms with E-state index >= 15 is 0 Å². The summed E-state index contributed by atoms with van der Waals surface area (Å²) in [4.78, 5) is 14.2. The molecule has 1 aromatic rings. The van der Waals surface area contributed by atoms with E-state index in [1.54, 1.807) is 0 Å². The van der Waals surface area contributed by atoms with Crippen molar-refractivity contribution in [2.45, 2.75) is 45.2 Å². The Morgan fingerprint density at radius 1 is 1.29 bits per heavy atom. The zero-order valence-corrected chi connectivity index (χ0v) is 12.8. The summed E-state index contributed by atoms with van der Waals surface area (Å²) in [6, 6.07) is 8.32. The molecule has 0 radical (unpaired) electrons. The van der Waals surface area contributed by atoms with Crippen LogP contribution in [0.3, 0.4) is 0 Å². The van der Waals surface area contributed by atoms with Gasteiger partial charge in [0.05, 0.1) is 13.2 Å². The highest BCUT2D eigenvalue weighted by Crippen LogP contribution is 2.16. The van der Waals surface area contributed by atoms with Crippen LogP contribution in [0.25, 0.3) is 0 Å². The second-order valence-corrected chi connectivity index (χ2v) is 5.92. The van der Waals surface area contributed by atoms with Crippen molar-refractivity contribution in [1.82, 2.24) is 10.2 Å². The zero-order valence-electron chi connectivity index (χ0n) is 12.8. The van der Waals surface area contributed by atoms with E-state index in [9.17, 15) is 9.90 Å². The molecule has 4 nitrogen and oxygen atoms in total. The molecule has 2 rings (SSSR count). The number of carbonyl (C=O) groups excluding carboxylic acids is 1. The first-order valence-corrected chi connectivity index (χ1v) is 7.86. The summed E-state index contributed by atoms with van der Waals surface area (Å²) in [5, 5.41) is 12.4. The van der Waals surface area contributed by atoms with Gasteiger partial charge in [0.2, 0.25) is 5.91 Å². The maximum Gasteiger partial charge on any atom is 0.234 e. The van der Waals surface area contributed by atoms with Crippen LogP contribution in [0.4, 0.5) is 0 Å². The number of benzene rings is 1. The van der Waals surface area contributed by atoms with Crippen molar-refractivity contribution in [3.63, 3.8) is 0 Å². The van der Waals surface area contributed by atoms with Crippen LogP contribution in [0, 0.1) is 6.92 Å². The monoisotopic (exact) mass is 290 g/mol. The van der Waals surface area contributed by atoms with Crippen LogP contribution in [-0.2, 0) is 11.3 Å².